The molecule has 1 aliphatic carbocycles. The molecule has 0 N–H and O–H groups in total. The molecule has 0 radical (unpaired) electrons. The molecule has 0 aromatic rings. The van der Waals surface area contributed by atoms with Gasteiger partial charge in [-0.2, -0.15) is 0 Å². The van der Waals surface area contributed by atoms with Crippen LogP contribution in [0.25, 0.3) is 0 Å². The van der Waals surface area contributed by atoms with Crippen molar-refractivity contribution < 1.29 is 14.0 Å². The lowest BCUT2D eigenvalue weighted by Gasteiger charge is -2.43. The first-order valence-corrected chi connectivity index (χ1v) is 13.0. The minimum absolute atomic E-state index is 0.131. The third-order valence-electron chi connectivity index (χ3n) is 6.61. The normalized spacial score (nSPS) is 24.6. The molecule has 0 unspecified atom stereocenters. The van der Waals surface area contributed by atoms with E-state index in [0.29, 0.717) is 25.3 Å². The summed E-state index contributed by atoms with van der Waals surface area (Å²) in [6, 6.07) is -0.215. The van der Waals surface area contributed by atoms with E-state index in [0.717, 1.165) is 12.7 Å². The number of hydrogen-bond donors (Lipinski definition) is 0. The summed E-state index contributed by atoms with van der Waals surface area (Å²) >= 11 is 0. The summed E-state index contributed by atoms with van der Waals surface area (Å²) in [6.45, 7) is 12.1. The lowest BCUT2D eigenvalue weighted by molar-refractivity contribution is -0.131. The summed E-state index contributed by atoms with van der Waals surface area (Å²) in [4.78, 5) is 25.2. The molecule has 2 fully saturated rings. The molecule has 144 valence electrons. The van der Waals surface area contributed by atoms with E-state index in [9.17, 15) is 9.59 Å². The number of nitrogens with zero attached hydrogens (tertiary/aromatic N) is 1. The minimum atomic E-state index is -1.84. The SMILES string of the molecule is CC(C)(C)[Si](C)(C)O[C@H](CCN1C(=O)CC[C@@H]1C=O)C1CCCCC1. The monoisotopic (exact) mass is 367 g/mol. The molecule has 0 spiro atoms. The van der Waals surface area contributed by atoms with Crippen LogP contribution < -0.4 is 0 Å². The highest BCUT2D eigenvalue weighted by Gasteiger charge is 2.41. The first kappa shape index (κ1) is 20.6. The number of likely N-dealkylation sites (tertiary alicyclic amines) is 1. The number of rotatable bonds is 7. The van der Waals surface area contributed by atoms with Gasteiger partial charge < -0.3 is 14.1 Å². The van der Waals surface area contributed by atoms with Crippen molar-refractivity contribution in [2.24, 2.45) is 5.92 Å². The number of amides is 1. The van der Waals surface area contributed by atoms with E-state index in [2.05, 4.69) is 33.9 Å². The Bertz CT molecular complexity index is 466. The largest absolute Gasteiger partial charge is 0.414 e. The molecular weight excluding hydrogens is 330 g/mol. The van der Waals surface area contributed by atoms with Crippen molar-refractivity contribution in [2.75, 3.05) is 6.54 Å². The van der Waals surface area contributed by atoms with E-state index < -0.39 is 8.32 Å². The van der Waals surface area contributed by atoms with E-state index >= 15 is 0 Å². The maximum Gasteiger partial charge on any atom is 0.223 e. The predicted molar refractivity (Wildman–Crippen MR) is 104 cm³/mol. The number of carbonyl (C=O) groups excluding carboxylic acids is 2. The van der Waals surface area contributed by atoms with E-state index in [4.69, 9.17) is 4.43 Å². The Hall–Kier alpha value is -0.683. The van der Waals surface area contributed by atoms with Gasteiger partial charge in [-0.15, -0.1) is 0 Å². The second-order valence-electron chi connectivity index (χ2n) is 9.43. The quantitative estimate of drug-likeness (QED) is 0.490. The average molecular weight is 368 g/mol. The predicted octanol–water partition coefficient (Wildman–Crippen LogP) is 4.54. The molecule has 0 aromatic heterocycles. The maximum atomic E-state index is 12.1. The van der Waals surface area contributed by atoms with Crippen molar-refractivity contribution in [1.82, 2.24) is 4.90 Å². The summed E-state index contributed by atoms with van der Waals surface area (Å²) in [7, 11) is -1.84. The zero-order valence-electron chi connectivity index (χ0n) is 16.8. The van der Waals surface area contributed by atoms with Crippen LogP contribution in [0.3, 0.4) is 0 Å². The lowest BCUT2D eigenvalue weighted by atomic mass is 9.84. The summed E-state index contributed by atoms with van der Waals surface area (Å²) in [6.07, 6.45) is 9.63. The van der Waals surface area contributed by atoms with Crippen LogP contribution in [0.4, 0.5) is 0 Å². The zero-order valence-corrected chi connectivity index (χ0v) is 17.8. The highest BCUT2D eigenvalue weighted by atomic mass is 28.4. The van der Waals surface area contributed by atoms with Gasteiger partial charge in [-0.25, -0.2) is 0 Å². The zero-order chi connectivity index (χ0) is 18.7. The highest BCUT2D eigenvalue weighted by molar-refractivity contribution is 6.74. The Balaban J connectivity index is 2.06. The fourth-order valence-corrected chi connectivity index (χ4v) is 5.33. The van der Waals surface area contributed by atoms with E-state index in [-0.39, 0.29) is 23.1 Å². The van der Waals surface area contributed by atoms with Crippen LogP contribution in [0.2, 0.25) is 18.1 Å². The van der Waals surface area contributed by atoms with Crippen LogP contribution in [-0.2, 0) is 14.0 Å². The molecule has 1 saturated heterocycles. The standard InChI is InChI=1S/C20H37NO3Si/c1-20(2,3)25(4,5)24-18(16-9-7-6-8-10-16)13-14-21-17(15-22)11-12-19(21)23/h15-18H,6-14H2,1-5H3/t17-,18-/m1/s1. The van der Waals surface area contributed by atoms with Gasteiger partial charge in [-0.1, -0.05) is 40.0 Å². The molecule has 1 amide bonds. The smallest absolute Gasteiger partial charge is 0.223 e. The summed E-state index contributed by atoms with van der Waals surface area (Å²) in [5.41, 5.74) is 0. The van der Waals surface area contributed by atoms with Crippen molar-refractivity contribution in [1.29, 1.82) is 0 Å². The minimum Gasteiger partial charge on any atom is -0.414 e. The second-order valence-corrected chi connectivity index (χ2v) is 14.2. The molecule has 5 heteroatoms. The lowest BCUT2D eigenvalue weighted by Crippen LogP contribution is -2.47. The second kappa shape index (κ2) is 8.34. The van der Waals surface area contributed by atoms with Gasteiger partial charge in [0.2, 0.25) is 5.91 Å². The van der Waals surface area contributed by atoms with Crippen molar-refractivity contribution in [2.45, 2.75) is 102 Å². The summed E-state index contributed by atoms with van der Waals surface area (Å²) < 4.78 is 6.82. The number of aldehydes is 1. The molecule has 1 saturated carbocycles. The van der Waals surface area contributed by atoms with Crippen LogP contribution in [0.15, 0.2) is 0 Å². The van der Waals surface area contributed by atoms with E-state index in [1.165, 1.54) is 32.1 Å². The molecule has 4 nitrogen and oxygen atoms in total. The van der Waals surface area contributed by atoms with Crippen LogP contribution in [0.5, 0.6) is 0 Å². The van der Waals surface area contributed by atoms with Crippen molar-refractivity contribution in [3.8, 4) is 0 Å². The Kier molecular flexibility index (Phi) is 6.88. The topological polar surface area (TPSA) is 46.6 Å². The van der Waals surface area contributed by atoms with Gasteiger partial charge in [-0.3, -0.25) is 4.79 Å². The molecule has 0 aromatic carbocycles. The van der Waals surface area contributed by atoms with Crippen molar-refractivity contribution >= 4 is 20.5 Å². The van der Waals surface area contributed by atoms with Gasteiger partial charge in [-0.05, 0) is 49.7 Å². The van der Waals surface area contributed by atoms with Crippen molar-refractivity contribution in [3.63, 3.8) is 0 Å². The maximum absolute atomic E-state index is 12.1. The molecule has 2 rings (SSSR count). The average Bonchev–Trinajstić information content (AvgIpc) is 2.91. The molecule has 1 aliphatic heterocycles. The highest BCUT2D eigenvalue weighted by Crippen LogP contribution is 2.40. The first-order valence-electron chi connectivity index (χ1n) is 10.1. The number of carbonyl (C=O) groups is 2. The third-order valence-corrected chi connectivity index (χ3v) is 11.1. The fraction of sp³-hybridized carbons (Fsp3) is 0.900. The van der Waals surface area contributed by atoms with Gasteiger partial charge in [0.15, 0.2) is 8.32 Å². The number of hydrogen-bond acceptors (Lipinski definition) is 3. The molecular formula is C20H37NO3Si. The first-order chi connectivity index (χ1) is 11.7. The van der Waals surface area contributed by atoms with Gasteiger partial charge in [0, 0.05) is 19.1 Å². The molecule has 1 heterocycles. The Labute approximate surface area is 154 Å². The molecule has 25 heavy (non-hydrogen) atoms. The molecule has 2 aliphatic rings. The molecule has 0 bridgehead atoms. The van der Waals surface area contributed by atoms with Gasteiger partial charge in [0.25, 0.3) is 0 Å². The van der Waals surface area contributed by atoms with E-state index in [1.807, 2.05) is 0 Å². The van der Waals surface area contributed by atoms with Crippen LogP contribution in [-0.4, -0.2) is 44.1 Å². The van der Waals surface area contributed by atoms with Crippen LogP contribution >= 0.6 is 0 Å². The van der Waals surface area contributed by atoms with Crippen LogP contribution in [0.1, 0.15) is 72.1 Å². The Morgan fingerprint density at radius 3 is 2.40 bits per heavy atom. The molecule has 2 atom stereocenters. The van der Waals surface area contributed by atoms with Crippen molar-refractivity contribution in [3.05, 3.63) is 0 Å². The summed E-state index contributed by atoms with van der Waals surface area (Å²) in [5, 5.41) is 0.189. The van der Waals surface area contributed by atoms with E-state index in [1.54, 1.807) is 4.90 Å². The Morgan fingerprint density at radius 2 is 1.84 bits per heavy atom. The van der Waals surface area contributed by atoms with Gasteiger partial charge >= 0.3 is 0 Å². The van der Waals surface area contributed by atoms with Gasteiger partial charge in [0.1, 0.15) is 6.29 Å². The fourth-order valence-electron chi connectivity index (χ4n) is 3.91. The third kappa shape index (κ3) is 5.16. The summed E-state index contributed by atoms with van der Waals surface area (Å²) in [5.74, 6) is 0.738. The van der Waals surface area contributed by atoms with Gasteiger partial charge in [0.05, 0.1) is 6.04 Å². The van der Waals surface area contributed by atoms with Crippen LogP contribution in [0, 0.1) is 5.92 Å². The Morgan fingerprint density at radius 1 is 1.20 bits per heavy atom.